The number of benzene rings is 2. The molecule has 4 aromatic rings. The topological polar surface area (TPSA) is 75.0 Å². The van der Waals surface area contributed by atoms with Crippen LogP contribution in [0.5, 0.6) is 0 Å². The van der Waals surface area contributed by atoms with Crippen LogP contribution in [0.25, 0.3) is 10.9 Å². The summed E-state index contributed by atoms with van der Waals surface area (Å²) >= 11 is 0. The highest BCUT2D eigenvalue weighted by atomic mass is 16.5. The fourth-order valence-electron chi connectivity index (χ4n) is 5.07. The molecule has 2 aliphatic rings. The van der Waals surface area contributed by atoms with Crippen LogP contribution >= 0.6 is 0 Å². The van der Waals surface area contributed by atoms with Crippen molar-refractivity contribution in [2.24, 2.45) is 0 Å². The number of anilines is 1. The molecule has 1 aliphatic heterocycles. The molecule has 0 spiro atoms. The molecule has 0 radical (unpaired) electrons. The van der Waals surface area contributed by atoms with E-state index in [0.29, 0.717) is 31.1 Å². The highest BCUT2D eigenvalue weighted by Gasteiger charge is 2.36. The Morgan fingerprint density at radius 3 is 2.97 bits per heavy atom. The Bertz CT molecular complexity index is 1270. The zero-order valence-corrected chi connectivity index (χ0v) is 17.3. The van der Waals surface area contributed by atoms with E-state index in [1.165, 1.54) is 29.4 Å². The lowest BCUT2D eigenvalue weighted by Gasteiger charge is -2.25. The van der Waals surface area contributed by atoms with Crippen molar-refractivity contribution in [1.82, 2.24) is 15.1 Å². The van der Waals surface area contributed by atoms with Crippen LogP contribution < -0.4 is 4.90 Å². The summed E-state index contributed by atoms with van der Waals surface area (Å²) in [7, 11) is 0. The molecule has 2 aromatic heterocycles. The Hall–Kier alpha value is -3.41. The molecule has 1 aliphatic carbocycles. The number of nitrogens with one attached hydrogen (secondary N) is 1. The van der Waals surface area contributed by atoms with E-state index in [2.05, 4.69) is 45.5 Å². The van der Waals surface area contributed by atoms with Crippen molar-refractivity contribution in [2.45, 2.75) is 44.4 Å². The molecule has 0 saturated carbocycles. The summed E-state index contributed by atoms with van der Waals surface area (Å²) < 4.78 is 5.56. The molecule has 156 valence electrons. The molecule has 31 heavy (non-hydrogen) atoms. The van der Waals surface area contributed by atoms with Crippen LogP contribution in [-0.2, 0) is 24.1 Å². The molecule has 1 atom stereocenters. The van der Waals surface area contributed by atoms with Gasteiger partial charge in [0.25, 0.3) is 0 Å². The average molecular weight is 412 g/mol. The van der Waals surface area contributed by atoms with Gasteiger partial charge in [-0.3, -0.25) is 4.79 Å². The molecular formula is C25H24N4O2. The van der Waals surface area contributed by atoms with E-state index in [1.54, 1.807) is 0 Å². The number of H-pyrrole nitrogens is 1. The number of amides is 1. The SMILES string of the molecule is O=C1CC(c2noc(Cc3c[nH]c4ccccc34)n2)CN1c1cccc2c1CCCC2. The van der Waals surface area contributed by atoms with E-state index in [0.717, 1.165) is 29.6 Å². The highest BCUT2D eigenvalue weighted by Crippen LogP contribution is 2.36. The van der Waals surface area contributed by atoms with Crippen molar-refractivity contribution < 1.29 is 9.32 Å². The fraction of sp³-hybridized carbons (Fsp3) is 0.320. The Morgan fingerprint density at radius 2 is 2.00 bits per heavy atom. The van der Waals surface area contributed by atoms with Gasteiger partial charge in [-0.05, 0) is 54.5 Å². The molecular weight excluding hydrogens is 388 g/mol. The van der Waals surface area contributed by atoms with Gasteiger partial charge >= 0.3 is 0 Å². The van der Waals surface area contributed by atoms with Crippen LogP contribution in [0.1, 0.15) is 53.6 Å². The van der Waals surface area contributed by atoms with Crippen molar-refractivity contribution in [1.29, 1.82) is 0 Å². The zero-order valence-electron chi connectivity index (χ0n) is 17.3. The third-order valence-corrected chi connectivity index (χ3v) is 6.65. The van der Waals surface area contributed by atoms with E-state index in [9.17, 15) is 4.79 Å². The minimum Gasteiger partial charge on any atom is -0.361 e. The monoisotopic (exact) mass is 412 g/mol. The molecule has 1 amide bonds. The van der Waals surface area contributed by atoms with E-state index in [4.69, 9.17) is 4.52 Å². The van der Waals surface area contributed by atoms with Gasteiger partial charge in [0, 0.05) is 41.7 Å². The third kappa shape index (κ3) is 3.23. The predicted molar refractivity (Wildman–Crippen MR) is 118 cm³/mol. The van der Waals surface area contributed by atoms with Crippen molar-refractivity contribution in [3.05, 3.63) is 77.1 Å². The molecule has 1 saturated heterocycles. The highest BCUT2D eigenvalue weighted by molar-refractivity contribution is 5.97. The average Bonchev–Trinajstić information content (AvgIpc) is 3.53. The summed E-state index contributed by atoms with van der Waals surface area (Å²) in [4.78, 5) is 22.8. The second-order valence-corrected chi connectivity index (χ2v) is 8.61. The predicted octanol–water partition coefficient (Wildman–Crippen LogP) is 4.54. The molecule has 6 nitrogen and oxygen atoms in total. The number of aromatic nitrogens is 3. The van der Waals surface area contributed by atoms with Crippen LogP contribution in [0.2, 0.25) is 0 Å². The van der Waals surface area contributed by atoms with Crippen molar-refractivity contribution in [3.63, 3.8) is 0 Å². The van der Waals surface area contributed by atoms with Gasteiger partial charge in [-0.15, -0.1) is 0 Å². The number of carbonyl (C=O) groups excluding carboxylic acids is 1. The maximum Gasteiger partial charge on any atom is 0.231 e. The van der Waals surface area contributed by atoms with Crippen LogP contribution in [-0.4, -0.2) is 27.6 Å². The Labute approximate surface area is 180 Å². The van der Waals surface area contributed by atoms with Gasteiger partial charge in [-0.25, -0.2) is 0 Å². The van der Waals surface area contributed by atoms with Gasteiger partial charge in [0.2, 0.25) is 11.8 Å². The molecule has 1 unspecified atom stereocenters. The summed E-state index contributed by atoms with van der Waals surface area (Å²) in [5, 5.41) is 5.40. The summed E-state index contributed by atoms with van der Waals surface area (Å²) in [6.45, 7) is 0.612. The van der Waals surface area contributed by atoms with Gasteiger partial charge in [-0.1, -0.05) is 35.5 Å². The molecule has 1 N–H and O–H groups in total. The normalized spacial score (nSPS) is 18.6. The van der Waals surface area contributed by atoms with Crippen LogP contribution in [0, 0.1) is 0 Å². The third-order valence-electron chi connectivity index (χ3n) is 6.65. The van der Waals surface area contributed by atoms with Crippen molar-refractivity contribution in [2.75, 3.05) is 11.4 Å². The molecule has 2 aromatic carbocycles. The number of carbonyl (C=O) groups is 1. The largest absolute Gasteiger partial charge is 0.361 e. The van der Waals surface area contributed by atoms with Gasteiger partial charge in [0.1, 0.15) is 0 Å². The summed E-state index contributed by atoms with van der Waals surface area (Å²) in [5.41, 5.74) is 6.04. The van der Waals surface area contributed by atoms with Gasteiger partial charge in [0.15, 0.2) is 5.82 Å². The number of fused-ring (bicyclic) bond motifs is 2. The number of aromatic amines is 1. The Kier molecular flexibility index (Phi) is 4.37. The van der Waals surface area contributed by atoms with E-state index < -0.39 is 0 Å². The number of aryl methyl sites for hydroxylation is 1. The zero-order chi connectivity index (χ0) is 20.8. The second kappa shape index (κ2) is 7.38. The molecule has 6 rings (SSSR count). The molecule has 3 heterocycles. The smallest absolute Gasteiger partial charge is 0.231 e. The first-order chi connectivity index (χ1) is 15.3. The number of hydrogen-bond donors (Lipinski definition) is 1. The van der Waals surface area contributed by atoms with E-state index in [-0.39, 0.29) is 11.8 Å². The number of rotatable bonds is 4. The first kappa shape index (κ1) is 18.4. The first-order valence-electron chi connectivity index (χ1n) is 11.0. The molecule has 0 bridgehead atoms. The maximum absolute atomic E-state index is 12.9. The standard InChI is InChI=1S/C25H24N4O2/c30-24-13-18(15-29(24)22-11-5-7-16-6-1-2-9-20(16)22)25-27-23(31-28-25)12-17-14-26-21-10-4-3-8-19(17)21/h3-5,7-8,10-11,14,18,26H,1-2,6,9,12-13,15H2. The summed E-state index contributed by atoms with van der Waals surface area (Å²) in [5.74, 6) is 1.33. The van der Waals surface area contributed by atoms with E-state index in [1.807, 2.05) is 23.2 Å². The minimum atomic E-state index is -0.0348. The number of para-hydroxylation sites is 1. The maximum atomic E-state index is 12.9. The van der Waals surface area contributed by atoms with Gasteiger partial charge < -0.3 is 14.4 Å². The van der Waals surface area contributed by atoms with Crippen LogP contribution in [0.3, 0.4) is 0 Å². The lowest BCUT2D eigenvalue weighted by molar-refractivity contribution is -0.117. The van der Waals surface area contributed by atoms with Crippen LogP contribution in [0.4, 0.5) is 5.69 Å². The van der Waals surface area contributed by atoms with Gasteiger partial charge in [-0.2, -0.15) is 4.98 Å². The lowest BCUT2D eigenvalue weighted by atomic mass is 9.90. The first-order valence-corrected chi connectivity index (χ1v) is 11.0. The second-order valence-electron chi connectivity index (χ2n) is 8.61. The molecule has 6 heteroatoms. The Morgan fingerprint density at radius 1 is 1.10 bits per heavy atom. The number of hydrogen-bond acceptors (Lipinski definition) is 4. The fourth-order valence-corrected chi connectivity index (χ4v) is 5.07. The van der Waals surface area contributed by atoms with Gasteiger partial charge in [0.05, 0.1) is 6.42 Å². The Balaban J connectivity index is 1.22. The summed E-state index contributed by atoms with van der Waals surface area (Å²) in [6.07, 6.45) is 7.58. The van der Waals surface area contributed by atoms with Crippen molar-refractivity contribution >= 4 is 22.5 Å². The summed E-state index contributed by atoms with van der Waals surface area (Å²) in [6, 6.07) is 14.6. The van der Waals surface area contributed by atoms with Crippen LogP contribution in [0.15, 0.2) is 53.2 Å². The lowest BCUT2D eigenvalue weighted by Crippen LogP contribution is -2.26. The van der Waals surface area contributed by atoms with Crippen molar-refractivity contribution in [3.8, 4) is 0 Å². The molecule has 1 fully saturated rings. The minimum absolute atomic E-state index is 0.0348. The quantitative estimate of drug-likeness (QED) is 0.534. The van der Waals surface area contributed by atoms with E-state index >= 15 is 0 Å². The number of nitrogens with zero attached hydrogens (tertiary/aromatic N) is 3.